The van der Waals surface area contributed by atoms with Gasteiger partial charge in [-0.1, -0.05) is 18.7 Å². The number of alkyl halides is 3. The summed E-state index contributed by atoms with van der Waals surface area (Å²) in [7, 11) is 3.69. The van der Waals surface area contributed by atoms with Crippen LogP contribution in [0, 0.1) is 6.92 Å². The van der Waals surface area contributed by atoms with Gasteiger partial charge in [-0.05, 0) is 73.6 Å². The lowest BCUT2D eigenvalue weighted by Crippen LogP contribution is -2.44. The minimum Gasteiger partial charge on any atom is -0.437 e. The summed E-state index contributed by atoms with van der Waals surface area (Å²) in [5.41, 5.74) is 8.45. The molecule has 3 aromatic carbocycles. The third-order valence-corrected chi connectivity index (χ3v) is 7.86. The first-order valence-corrected chi connectivity index (χ1v) is 14.7. The highest BCUT2D eigenvalue weighted by Gasteiger charge is 2.34. The van der Waals surface area contributed by atoms with E-state index in [1.807, 2.05) is 11.9 Å². The number of ether oxygens (including phenoxy) is 1. The van der Waals surface area contributed by atoms with Crippen LogP contribution in [0.25, 0.3) is 17.5 Å². The van der Waals surface area contributed by atoms with Gasteiger partial charge in [0.05, 0.1) is 11.3 Å². The maximum atomic E-state index is 14.1. The minimum absolute atomic E-state index is 0.0998. The maximum Gasteiger partial charge on any atom is 0.416 e. The molecule has 1 aliphatic heterocycles. The number of anilines is 3. The summed E-state index contributed by atoms with van der Waals surface area (Å²) in [6.45, 7) is 8.72. The smallest absolute Gasteiger partial charge is 0.416 e. The highest BCUT2D eigenvalue weighted by Crippen LogP contribution is 2.36. The number of piperazine rings is 1. The molecular formula is C34H36F3N7O2. The van der Waals surface area contributed by atoms with E-state index in [9.17, 15) is 18.0 Å². The average Bonchev–Trinajstić information content (AvgIpc) is 3.03. The summed E-state index contributed by atoms with van der Waals surface area (Å²) >= 11 is 0. The second-order valence-electron chi connectivity index (χ2n) is 11.2. The monoisotopic (exact) mass is 631 g/mol. The standard InChI is InChI=1S/C34H36F3N7O2/c1-5-28-30(39-3)33(42-31(40-28)22-9-11-25(38)12-10-22)46-26-13-6-21(2)29(19-26)41-32(45)23-7-8-24(27(18-23)34(35,36)37)20-44-16-14-43(4)15-17-44/h5-13,18-19,39H,1,14-17,20,38H2,2-4H3,(H,41,45). The van der Waals surface area contributed by atoms with Gasteiger partial charge in [-0.25, -0.2) is 4.98 Å². The Morgan fingerprint density at radius 3 is 2.41 bits per heavy atom. The third-order valence-electron chi connectivity index (χ3n) is 7.86. The van der Waals surface area contributed by atoms with Gasteiger partial charge in [0.25, 0.3) is 5.91 Å². The Hall–Kier alpha value is -4.94. The second kappa shape index (κ2) is 13.6. The molecule has 12 heteroatoms. The number of halogens is 3. The molecule has 0 bridgehead atoms. The molecule has 1 aliphatic rings. The number of nitrogens with one attached hydrogen (secondary N) is 2. The molecule has 0 aliphatic carbocycles. The van der Waals surface area contributed by atoms with E-state index in [0.29, 0.717) is 53.0 Å². The van der Waals surface area contributed by atoms with Crippen molar-refractivity contribution in [2.45, 2.75) is 19.6 Å². The van der Waals surface area contributed by atoms with Gasteiger partial charge in [0.2, 0.25) is 5.88 Å². The van der Waals surface area contributed by atoms with Crippen molar-refractivity contribution < 1.29 is 22.7 Å². The number of carbonyl (C=O) groups is 1. The van der Waals surface area contributed by atoms with Gasteiger partial charge in [-0.15, -0.1) is 0 Å². The highest BCUT2D eigenvalue weighted by molar-refractivity contribution is 6.05. The zero-order chi connectivity index (χ0) is 33.0. The Balaban J connectivity index is 1.39. The number of carbonyl (C=O) groups excluding carboxylic acids is 1. The van der Waals surface area contributed by atoms with Crippen LogP contribution in [0.1, 0.15) is 32.7 Å². The Labute approximate surface area is 265 Å². The van der Waals surface area contributed by atoms with E-state index in [4.69, 9.17) is 10.5 Å². The number of hydrogen-bond donors (Lipinski definition) is 3. The first-order chi connectivity index (χ1) is 21.9. The topological polar surface area (TPSA) is 109 Å². The van der Waals surface area contributed by atoms with Crippen LogP contribution >= 0.6 is 0 Å². The number of hydrogen-bond acceptors (Lipinski definition) is 8. The Morgan fingerprint density at radius 1 is 1.04 bits per heavy atom. The number of nitrogens with two attached hydrogens (primary N) is 1. The van der Waals surface area contributed by atoms with Crippen LogP contribution in [-0.4, -0.2) is 65.9 Å². The molecular weight excluding hydrogens is 595 g/mol. The molecule has 2 heterocycles. The van der Waals surface area contributed by atoms with Crippen molar-refractivity contribution in [3.8, 4) is 23.0 Å². The van der Waals surface area contributed by atoms with Crippen molar-refractivity contribution in [1.29, 1.82) is 0 Å². The summed E-state index contributed by atoms with van der Waals surface area (Å²) in [4.78, 5) is 26.6. The van der Waals surface area contributed by atoms with Crippen LogP contribution in [0.3, 0.4) is 0 Å². The van der Waals surface area contributed by atoms with Crippen LogP contribution < -0.4 is 21.1 Å². The number of benzene rings is 3. The van der Waals surface area contributed by atoms with Gasteiger partial charge in [0, 0.05) is 68.3 Å². The largest absolute Gasteiger partial charge is 0.437 e. The Morgan fingerprint density at radius 2 is 1.76 bits per heavy atom. The predicted octanol–water partition coefficient (Wildman–Crippen LogP) is 6.53. The number of amides is 1. The summed E-state index contributed by atoms with van der Waals surface area (Å²) in [5, 5.41) is 5.80. The van der Waals surface area contributed by atoms with E-state index < -0.39 is 17.6 Å². The summed E-state index contributed by atoms with van der Waals surface area (Å²) in [5.74, 6) is 0.273. The summed E-state index contributed by atoms with van der Waals surface area (Å²) < 4.78 is 48.6. The molecule has 0 saturated carbocycles. The normalized spacial score (nSPS) is 14.1. The van der Waals surface area contributed by atoms with Crippen LogP contribution in [-0.2, 0) is 12.7 Å². The van der Waals surface area contributed by atoms with Crippen molar-refractivity contribution in [2.24, 2.45) is 0 Å². The molecule has 1 fully saturated rings. The van der Waals surface area contributed by atoms with Crippen LogP contribution in [0.15, 0.2) is 67.2 Å². The maximum absolute atomic E-state index is 14.1. The van der Waals surface area contributed by atoms with Gasteiger partial charge in [0.15, 0.2) is 5.82 Å². The quantitative estimate of drug-likeness (QED) is 0.179. The molecule has 0 atom stereocenters. The summed E-state index contributed by atoms with van der Waals surface area (Å²) in [6, 6.07) is 15.9. The van der Waals surface area contributed by atoms with Gasteiger partial charge in [-0.2, -0.15) is 18.2 Å². The SMILES string of the molecule is C=Cc1nc(-c2ccc(N)cc2)nc(Oc2ccc(C)c(NC(=O)c3ccc(CN4CCN(C)CC4)c(C(F)(F)F)c3)c2)c1NC. The van der Waals surface area contributed by atoms with E-state index in [-0.39, 0.29) is 23.6 Å². The Kier molecular flexibility index (Phi) is 9.59. The van der Waals surface area contributed by atoms with Crippen molar-refractivity contribution in [2.75, 3.05) is 56.6 Å². The zero-order valence-electron chi connectivity index (χ0n) is 25.9. The molecule has 0 radical (unpaired) electrons. The van der Waals surface area contributed by atoms with E-state index in [0.717, 1.165) is 24.7 Å². The fourth-order valence-corrected chi connectivity index (χ4v) is 5.15. The molecule has 5 rings (SSSR count). The molecule has 1 aromatic heterocycles. The molecule has 9 nitrogen and oxygen atoms in total. The lowest BCUT2D eigenvalue weighted by molar-refractivity contribution is -0.138. The average molecular weight is 632 g/mol. The van der Waals surface area contributed by atoms with Crippen molar-refractivity contribution >= 4 is 29.0 Å². The van der Waals surface area contributed by atoms with Gasteiger partial charge < -0.3 is 26.0 Å². The fourth-order valence-electron chi connectivity index (χ4n) is 5.15. The minimum atomic E-state index is -4.61. The van der Waals surface area contributed by atoms with Crippen molar-refractivity contribution in [3.63, 3.8) is 0 Å². The first kappa shape index (κ1) is 32.5. The molecule has 240 valence electrons. The van der Waals surface area contributed by atoms with Crippen LogP contribution in [0.2, 0.25) is 0 Å². The summed E-state index contributed by atoms with van der Waals surface area (Å²) in [6.07, 6.45) is -3.03. The number of aromatic nitrogens is 2. The first-order valence-electron chi connectivity index (χ1n) is 14.7. The fraction of sp³-hybridized carbons (Fsp3) is 0.265. The lowest BCUT2D eigenvalue weighted by atomic mass is 10.0. The lowest BCUT2D eigenvalue weighted by Gasteiger charge is -2.33. The molecule has 46 heavy (non-hydrogen) atoms. The molecule has 0 spiro atoms. The second-order valence-corrected chi connectivity index (χ2v) is 11.2. The number of nitrogen functional groups attached to an aromatic ring is 1. The van der Waals surface area contributed by atoms with Gasteiger partial charge in [-0.3, -0.25) is 9.69 Å². The van der Waals surface area contributed by atoms with Gasteiger partial charge >= 0.3 is 6.18 Å². The van der Waals surface area contributed by atoms with E-state index >= 15 is 0 Å². The zero-order valence-corrected chi connectivity index (χ0v) is 25.9. The Bertz CT molecular complexity index is 1730. The molecule has 4 N–H and O–H groups in total. The molecule has 1 saturated heterocycles. The highest BCUT2D eigenvalue weighted by atomic mass is 19.4. The number of likely N-dealkylation sites (N-methyl/N-ethyl adjacent to an activating group) is 1. The van der Waals surface area contributed by atoms with Crippen LogP contribution in [0.5, 0.6) is 11.6 Å². The van der Waals surface area contributed by atoms with Crippen LogP contribution in [0.4, 0.5) is 30.2 Å². The predicted molar refractivity (Wildman–Crippen MR) is 175 cm³/mol. The van der Waals surface area contributed by atoms with E-state index in [1.165, 1.54) is 12.1 Å². The molecule has 4 aromatic rings. The third kappa shape index (κ3) is 7.47. The number of nitrogens with zero attached hydrogens (tertiary/aromatic N) is 4. The number of rotatable bonds is 9. The van der Waals surface area contributed by atoms with E-state index in [2.05, 4.69) is 32.1 Å². The molecule has 1 amide bonds. The van der Waals surface area contributed by atoms with Gasteiger partial charge in [0.1, 0.15) is 11.4 Å². The van der Waals surface area contributed by atoms with E-state index in [1.54, 1.807) is 62.5 Å². The van der Waals surface area contributed by atoms with Crippen molar-refractivity contribution in [1.82, 2.24) is 19.8 Å². The molecule has 0 unspecified atom stereocenters. The number of aryl methyl sites for hydroxylation is 1. The van der Waals surface area contributed by atoms with Crippen molar-refractivity contribution in [3.05, 3.63) is 95.2 Å².